The van der Waals surface area contributed by atoms with Gasteiger partial charge >= 0.3 is 0 Å². The minimum atomic E-state index is 0.527. The van der Waals surface area contributed by atoms with Crippen molar-refractivity contribution in [2.75, 3.05) is 19.6 Å². The van der Waals surface area contributed by atoms with Gasteiger partial charge in [-0.3, -0.25) is 0 Å². The summed E-state index contributed by atoms with van der Waals surface area (Å²) in [6.45, 7) is 12.7. The van der Waals surface area contributed by atoms with Crippen molar-refractivity contribution in [1.82, 2.24) is 4.90 Å². The van der Waals surface area contributed by atoms with Crippen LogP contribution in [0.5, 0.6) is 0 Å². The predicted octanol–water partition coefficient (Wildman–Crippen LogP) is 3.01. The average Bonchev–Trinajstić information content (AvgIpc) is 2.16. The van der Waals surface area contributed by atoms with Crippen LogP contribution in [0, 0.1) is 29.6 Å². The Bertz CT molecular complexity index is 223. The summed E-state index contributed by atoms with van der Waals surface area (Å²) < 4.78 is 0. The van der Waals surface area contributed by atoms with Gasteiger partial charge in [0.15, 0.2) is 0 Å². The first-order valence-corrected chi connectivity index (χ1v) is 6.31. The maximum atomic E-state index is 3.42. The highest BCUT2D eigenvalue weighted by atomic mass is 15.1. The molecule has 1 aliphatic rings. The summed E-state index contributed by atoms with van der Waals surface area (Å²) in [6.07, 6.45) is 2.54. The molecule has 0 bridgehead atoms. The van der Waals surface area contributed by atoms with Crippen LogP contribution in [0.3, 0.4) is 0 Å². The number of nitrogens with zero attached hydrogens (tertiary/aromatic N) is 1. The molecule has 0 radical (unpaired) electrons. The van der Waals surface area contributed by atoms with Crippen molar-refractivity contribution in [2.24, 2.45) is 17.8 Å². The van der Waals surface area contributed by atoms with E-state index in [4.69, 9.17) is 0 Å². The van der Waals surface area contributed by atoms with Crippen LogP contribution in [0.4, 0.5) is 0 Å². The Morgan fingerprint density at radius 3 is 2.20 bits per heavy atom. The second kappa shape index (κ2) is 6.18. The molecule has 1 heterocycles. The van der Waals surface area contributed by atoms with Crippen molar-refractivity contribution < 1.29 is 0 Å². The van der Waals surface area contributed by atoms with Gasteiger partial charge in [0, 0.05) is 18.4 Å². The molecule has 0 N–H and O–H groups in total. The van der Waals surface area contributed by atoms with Gasteiger partial charge < -0.3 is 4.90 Å². The summed E-state index contributed by atoms with van der Waals surface area (Å²) in [6, 6.07) is 0. The van der Waals surface area contributed by atoms with Gasteiger partial charge in [-0.1, -0.05) is 33.6 Å². The molecule has 0 unspecified atom stereocenters. The lowest BCUT2D eigenvalue weighted by molar-refractivity contribution is 0.187. The van der Waals surface area contributed by atoms with Crippen molar-refractivity contribution in [3.8, 4) is 11.8 Å². The Balaban J connectivity index is 2.27. The Labute approximate surface area is 95.2 Å². The van der Waals surface area contributed by atoms with Crippen LogP contribution < -0.4 is 0 Å². The molecule has 0 aromatic heterocycles. The molecule has 0 aromatic carbocycles. The molecule has 0 atom stereocenters. The normalized spacial score (nSPS) is 19.3. The van der Waals surface area contributed by atoms with Crippen LogP contribution in [-0.4, -0.2) is 24.5 Å². The summed E-state index contributed by atoms with van der Waals surface area (Å²) >= 11 is 0. The number of rotatable bonds is 2. The SMILES string of the molecule is CC(C)C#CC1CCN(CC(C)C)CC1. The zero-order valence-corrected chi connectivity index (χ0v) is 10.7. The summed E-state index contributed by atoms with van der Waals surface area (Å²) in [4.78, 5) is 2.58. The van der Waals surface area contributed by atoms with E-state index >= 15 is 0 Å². The molecule has 86 valence electrons. The molecule has 1 saturated heterocycles. The highest BCUT2D eigenvalue weighted by Crippen LogP contribution is 2.17. The van der Waals surface area contributed by atoms with Gasteiger partial charge in [0.05, 0.1) is 0 Å². The largest absolute Gasteiger partial charge is 0.303 e. The lowest BCUT2D eigenvalue weighted by atomic mass is 9.96. The first-order valence-electron chi connectivity index (χ1n) is 6.31. The highest BCUT2D eigenvalue weighted by Gasteiger charge is 2.17. The molecule has 0 aliphatic carbocycles. The number of hydrogen-bond donors (Lipinski definition) is 0. The first kappa shape index (κ1) is 12.6. The second-order valence-corrected chi connectivity index (χ2v) is 5.41. The van der Waals surface area contributed by atoms with Crippen LogP contribution >= 0.6 is 0 Å². The Hall–Kier alpha value is -0.480. The van der Waals surface area contributed by atoms with Crippen LogP contribution in [0.25, 0.3) is 0 Å². The molecular weight excluding hydrogens is 182 g/mol. The Kier molecular flexibility index (Phi) is 5.19. The maximum Gasteiger partial charge on any atom is 0.0227 e. The lowest BCUT2D eigenvalue weighted by Crippen LogP contribution is -2.35. The van der Waals surface area contributed by atoms with E-state index in [1.54, 1.807) is 0 Å². The quantitative estimate of drug-likeness (QED) is 0.629. The summed E-state index contributed by atoms with van der Waals surface area (Å²) in [7, 11) is 0. The monoisotopic (exact) mass is 207 g/mol. The van der Waals surface area contributed by atoms with E-state index in [1.807, 2.05) is 0 Å². The van der Waals surface area contributed by atoms with Crippen LogP contribution in [0.1, 0.15) is 40.5 Å². The predicted molar refractivity (Wildman–Crippen MR) is 66.6 cm³/mol. The van der Waals surface area contributed by atoms with Gasteiger partial charge in [-0.15, -0.1) is 5.92 Å². The fourth-order valence-corrected chi connectivity index (χ4v) is 2.06. The van der Waals surface area contributed by atoms with Gasteiger partial charge in [-0.05, 0) is 31.8 Å². The van der Waals surface area contributed by atoms with E-state index in [-0.39, 0.29) is 0 Å². The van der Waals surface area contributed by atoms with E-state index in [1.165, 1.54) is 32.5 Å². The molecule has 1 rings (SSSR count). The van der Waals surface area contributed by atoms with Crippen molar-refractivity contribution in [3.05, 3.63) is 0 Å². The number of likely N-dealkylation sites (tertiary alicyclic amines) is 1. The minimum absolute atomic E-state index is 0.527. The van der Waals surface area contributed by atoms with Crippen molar-refractivity contribution in [3.63, 3.8) is 0 Å². The standard InChI is InChI=1S/C14H25N/c1-12(2)5-6-14-7-9-15(10-8-14)11-13(3)4/h12-14H,7-11H2,1-4H3. The molecule has 0 amide bonds. The third-order valence-electron chi connectivity index (χ3n) is 2.79. The molecule has 0 saturated carbocycles. The van der Waals surface area contributed by atoms with Crippen molar-refractivity contribution in [1.29, 1.82) is 0 Å². The first-order chi connectivity index (χ1) is 7.08. The van der Waals surface area contributed by atoms with Gasteiger partial charge in [0.2, 0.25) is 0 Å². The second-order valence-electron chi connectivity index (χ2n) is 5.41. The molecular formula is C14H25N. The molecule has 1 heteroatoms. The van der Waals surface area contributed by atoms with Crippen LogP contribution in [0.2, 0.25) is 0 Å². The zero-order chi connectivity index (χ0) is 11.3. The van der Waals surface area contributed by atoms with E-state index in [0.717, 1.165) is 5.92 Å². The Morgan fingerprint density at radius 1 is 1.13 bits per heavy atom. The molecule has 1 aliphatic heterocycles. The molecule has 0 aromatic rings. The maximum absolute atomic E-state index is 3.42. The smallest absolute Gasteiger partial charge is 0.0227 e. The third kappa shape index (κ3) is 5.23. The fraction of sp³-hybridized carbons (Fsp3) is 0.857. The molecule has 1 nitrogen and oxygen atoms in total. The number of piperidine rings is 1. The van der Waals surface area contributed by atoms with Crippen LogP contribution in [-0.2, 0) is 0 Å². The van der Waals surface area contributed by atoms with E-state index in [2.05, 4.69) is 44.4 Å². The van der Waals surface area contributed by atoms with Crippen molar-refractivity contribution >= 4 is 0 Å². The van der Waals surface area contributed by atoms with Gasteiger partial charge in [-0.25, -0.2) is 0 Å². The van der Waals surface area contributed by atoms with E-state index < -0.39 is 0 Å². The average molecular weight is 207 g/mol. The molecule has 0 spiro atoms. The van der Waals surface area contributed by atoms with Gasteiger partial charge in [0.25, 0.3) is 0 Å². The van der Waals surface area contributed by atoms with Gasteiger partial charge in [-0.2, -0.15) is 0 Å². The fourth-order valence-electron chi connectivity index (χ4n) is 2.06. The number of hydrogen-bond acceptors (Lipinski definition) is 1. The summed E-state index contributed by atoms with van der Waals surface area (Å²) in [5.74, 6) is 8.70. The Morgan fingerprint density at radius 2 is 1.73 bits per heavy atom. The van der Waals surface area contributed by atoms with Crippen molar-refractivity contribution in [2.45, 2.75) is 40.5 Å². The zero-order valence-electron chi connectivity index (χ0n) is 10.7. The molecule has 15 heavy (non-hydrogen) atoms. The van der Waals surface area contributed by atoms with Gasteiger partial charge in [0.1, 0.15) is 0 Å². The molecule has 1 fully saturated rings. The highest BCUT2D eigenvalue weighted by molar-refractivity contribution is 5.06. The summed E-state index contributed by atoms with van der Waals surface area (Å²) in [5, 5.41) is 0. The topological polar surface area (TPSA) is 3.24 Å². The third-order valence-corrected chi connectivity index (χ3v) is 2.79. The van der Waals surface area contributed by atoms with Crippen LogP contribution in [0.15, 0.2) is 0 Å². The van der Waals surface area contributed by atoms with E-state index in [0.29, 0.717) is 11.8 Å². The lowest BCUT2D eigenvalue weighted by Gasteiger charge is -2.30. The van der Waals surface area contributed by atoms with E-state index in [9.17, 15) is 0 Å². The summed E-state index contributed by atoms with van der Waals surface area (Å²) in [5.41, 5.74) is 0. The minimum Gasteiger partial charge on any atom is -0.303 e.